The lowest BCUT2D eigenvalue weighted by molar-refractivity contribution is -0.132. The van der Waals surface area contributed by atoms with Crippen molar-refractivity contribution in [3.05, 3.63) is 35.4 Å². The van der Waals surface area contributed by atoms with Crippen molar-refractivity contribution in [1.82, 2.24) is 15.5 Å². The zero-order chi connectivity index (χ0) is 19.1. The SMILES string of the molecule is CCc1ccc(CCC(=O)N2CCCC(CNC(=O)C3CCCN3)C2)cc1.Cl. The molecule has 2 fully saturated rings. The summed E-state index contributed by atoms with van der Waals surface area (Å²) in [6.07, 6.45) is 6.53. The predicted molar refractivity (Wildman–Crippen MR) is 115 cm³/mol. The number of halogens is 1. The normalized spacial score (nSPS) is 21.8. The molecule has 2 amide bonds. The molecule has 5 nitrogen and oxygen atoms in total. The van der Waals surface area contributed by atoms with Crippen molar-refractivity contribution in [2.24, 2.45) is 5.92 Å². The third kappa shape index (κ3) is 6.49. The smallest absolute Gasteiger partial charge is 0.237 e. The van der Waals surface area contributed by atoms with Gasteiger partial charge in [-0.3, -0.25) is 9.59 Å². The van der Waals surface area contributed by atoms with Crippen LogP contribution in [0.5, 0.6) is 0 Å². The summed E-state index contributed by atoms with van der Waals surface area (Å²) in [6, 6.07) is 8.55. The number of aryl methyl sites for hydroxylation is 2. The summed E-state index contributed by atoms with van der Waals surface area (Å²) in [4.78, 5) is 26.8. The summed E-state index contributed by atoms with van der Waals surface area (Å²) in [7, 11) is 0. The van der Waals surface area contributed by atoms with Gasteiger partial charge in [-0.2, -0.15) is 0 Å². The van der Waals surface area contributed by atoms with Crippen molar-refractivity contribution in [2.45, 2.75) is 57.9 Å². The molecule has 0 radical (unpaired) electrons. The van der Waals surface area contributed by atoms with E-state index in [1.165, 1.54) is 11.1 Å². The van der Waals surface area contributed by atoms with E-state index in [1.54, 1.807) is 0 Å². The van der Waals surface area contributed by atoms with Crippen LogP contribution >= 0.6 is 12.4 Å². The standard InChI is InChI=1S/C22H33N3O2.ClH/c1-2-17-7-9-18(10-8-17)11-12-21(26)25-14-4-5-19(16-25)15-24-22(27)20-6-3-13-23-20;/h7-10,19-20,23H,2-6,11-16H2,1H3,(H,24,27);1H. The van der Waals surface area contributed by atoms with Crippen LogP contribution in [0.15, 0.2) is 24.3 Å². The number of piperidine rings is 1. The first-order valence-corrected chi connectivity index (χ1v) is 10.5. The van der Waals surface area contributed by atoms with E-state index in [-0.39, 0.29) is 30.3 Å². The highest BCUT2D eigenvalue weighted by Crippen LogP contribution is 2.18. The van der Waals surface area contributed by atoms with Gasteiger partial charge in [-0.15, -0.1) is 12.4 Å². The second-order valence-corrected chi connectivity index (χ2v) is 7.91. The molecule has 3 rings (SSSR count). The Bertz CT molecular complexity index is 629. The van der Waals surface area contributed by atoms with E-state index < -0.39 is 0 Å². The number of carbonyl (C=O) groups excluding carboxylic acids is 2. The molecule has 2 aliphatic rings. The summed E-state index contributed by atoms with van der Waals surface area (Å²) in [5.41, 5.74) is 2.56. The zero-order valence-corrected chi connectivity index (χ0v) is 17.7. The van der Waals surface area contributed by atoms with Gasteiger partial charge in [0.15, 0.2) is 0 Å². The molecular formula is C22H34ClN3O2. The monoisotopic (exact) mass is 407 g/mol. The van der Waals surface area contributed by atoms with Gasteiger partial charge >= 0.3 is 0 Å². The average Bonchev–Trinajstić information content (AvgIpc) is 3.26. The zero-order valence-electron chi connectivity index (χ0n) is 16.9. The molecule has 6 heteroatoms. The Kier molecular flexibility index (Phi) is 9.26. The fourth-order valence-corrected chi connectivity index (χ4v) is 4.09. The van der Waals surface area contributed by atoms with Crippen LogP contribution in [0.1, 0.15) is 50.2 Å². The van der Waals surface area contributed by atoms with Crippen molar-refractivity contribution in [1.29, 1.82) is 0 Å². The number of likely N-dealkylation sites (tertiary alicyclic amines) is 1. The largest absolute Gasteiger partial charge is 0.354 e. The Morgan fingerprint density at radius 3 is 2.57 bits per heavy atom. The molecule has 2 heterocycles. The minimum Gasteiger partial charge on any atom is -0.354 e. The highest BCUT2D eigenvalue weighted by atomic mass is 35.5. The quantitative estimate of drug-likeness (QED) is 0.730. The maximum atomic E-state index is 12.6. The number of rotatable bonds is 7. The van der Waals surface area contributed by atoms with E-state index in [2.05, 4.69) is 41.8 Å². The second-order valence-electron chi connectivity index (χ2n) is 7.91. The van der Waals surface area contributed by atoms with Crippen LogP contribution in [0.2, 0.25) is 0 Å². The van der Waals surface area contributed by atoms with Crippen molar-refractivity contribution in [3.63, 3.8) is 0 Å². The van der Waals surface area contributed by atoms with Crippen molar-refractivity contribution < 1.29 is 9.59 Å². The Morgan fingerprint density at radius 2 is 1.89 bits per heavy atom. The molecule has 2 aliphatic heterocycles. The van der Waals surface area contributed by atoms with Crippen LogP contribution in [-0.4, -0.2) is 48.9 Å². The second kappa shape index (κ2) is 11.4. The minimum atomic E-state index is -0.0228. The van der Waals surface area contributed by atoms with Gasteiger partial charge in [0.2, 0.25) is 11.8 Å². The van der Waals surface area contributed by atoms with Gasteiger partial charge in [-0.05, 0) is 62.1 Å². The fourth-order valence-electron chi connectivity index (χ4n) is 4.09. The highest BCUT2D eigenvalue weighted by Gasteiger charge is 2.26. The summed E-state index contributed by atoms with van der Waals surface area (Å²) in [6.45, 7) is 5.39. The molecule has 1 aromatic carbocycles. The van der Waals surface area contributed by atoms with Gasteiger partial charge < -0.3 is 15.5 Å². The van der Waals surface area contributed by atoms with Crippen LogP contribution in [0.25, 0.3) is 0 Å². The van der Waals surface area contributed by atoms with Crippen LogP contribution in [0, 0.1) is 5.92 Å². The molecule has 0 saturated carbocycles. The summed E-state index contributed by atoms with van der Waals surface area (Å²) >= 11 is 0. The first-order chi connectivity index (χ1) is 13.2. The van der Waals surface area contributed by atoms with Crippen molar-refractivity contribution in [3.8, 4) is 0 Å². The highest BCUT2D eigenvalue weighted by molar-refractivity contribution is 5.85. The Hall–Kier alpha value is -1.59. The first-order valence-electron chi connectivity index (χ1n) is 10.5. The summed E-state index contributed by atoms with van der Waals surface area (Å²) in [5, 5.41) is 6.32. The van der Waals surface area contributed by atoms with E-state index in [9.17, 15) is 9.59 Å². The van der Waals surface area contributed by atoms with Crippen molar-refractivity contribution >= 4 is 24.2 Å². The topological polar surface area (TPSA) is 61.4 Å². The number of amides is 2. The molecular weight excluding hydrogens is 374 g/mol. The first kappa shape index (κ1) is 22.7. The van der Waals surface area contributed by atoms with Crippen LogP contribution in [0.4, 0.5) is 0 Å². The summed E-state index contributed by atoms with van der Waals surface area (Å²) in [5.74, 6) is 0.728. The molecule has 2 atom stereocenters. The van der Waals surface area contributed by atoms with Crippen LogP contribution < -0.4 is 10.6 Å². The maximum Gasteiger partial charge on any atom is 0.237 e. The molecule has 0 aromatic heterocycles. The molecule has 0 spiro atoms. The number of carbonyl (C=O) groups is 2. The fraction of sp³-hybridized carbons (Fsp3) is 0.636. The van der Waals surface area contributed by atoms with Gasteiger partial charge in [0.05, 0.1) is 6.04 Å². The van der Waals surface area contributed by atoms with E-state index in [4.69, 9.17) is 0 Å². The summed E-state index contributed by atoms with van der Waals surface area (Å²) < 4.78 is 0. The predicted octanol–water partition coefficient (Wildman–Crippen LogP) is 2.71. The molecule has 156 valence electrons. The van der Waals surface area contributed by atoms with Crippen LogP contribution in [0.3, 0.4) is 0 Å². The van der Waals surface area contributed by atoms with E-state index in [0.717, 1.165) is 58.2 Å². The number of hydrogen-bond donors (Lipinski definition) is 2. The Balaban J connectivity index is 0.00000280. The number of nitrogens with one attached hydrogen (secondary N) is 2. The number of hydrogen-bond acceptors (Lipinski definition) is 3. The molecule has 0 aliphatic carbocycles. The molecule has 1 aromatic rings. The van der Waals surface area contributed by atoms with Gasteiger partial charge in [-0.25, -0.2) is 0 Å². The van der Waals surface area contributed by atoms with Gasteiger partial charge in [0.25, 0.3) is 0 Å². The lowest BCUT2D eigenvalue weighted by atomic mass is 9.97. The van der Waals surface area contributed by atoms with E-state index >= 15 is 0 Å². The third-order valence-electron chi connectivity index (χ3n) is 5.87. The van der Waals surface area contributed by atoms with Gasteiger partial charge in [0.1, 0.15) is 0 Å². The minimum absolute atomic E-state index is 0. The van der Waals surface area contributed by atoms with Gasteiger partial charge in [-0.1, -0.05) is 31.2 Å². The van der Waals surface area contributed by atoms with Gasteiger partial charge in [0, 0.05) is 26.1 Å². The Labute approximate surface area is 175 Å². The maximum absolute atomic E-state index is 12.6. The lowest BCUT2D eigenvalue weighted by Crippen LogP contribution is -2.46. The van der Waals surface area contributed by atoms with Crippen LogP contribution in [-0.2, 0) is 22.4 Å². The molecule has 28 heavy (non-hydrogen) atoms. The lowest BCUT2D eigenvalue weighted by Gasteiger charge is -2.33. The third-order valence-corrected chi connectivity index (χ3v) is 5.87. The van der Waals surface area contributed by atoms with Crippen molar-refractivity contribution in [2.75, 3.05) is 26.2 Å². The number of benzene rings is 1. The average molecular weight is 408 g/mol. The van der Waals surface area contributed by atoms with E-state index in [1.807, 2.05) is 4.90 Å². The molecule has 2 saturated heterocycles. The Morgan fingerprint density at radius 1 is 1.14 bits per heavy atom. The molecule has 0 bridgehead atoms. The van der Waals surface area contributed by atoms with E-state index in [0.29, 0.717) is 18.9 Å². The molecule has 2 unspecified atom stereocenters. The molecule has 2 N–H and O–H groups in total. The number of nitrogens with zero attached hydrogens (tertiary/aromatic N) is 1.